The highest BCUT2D eigenvalue weighted by molar-refractivity contribution is 5.72. The van der Waals surface area contributed by atoms with Crippen molar-refractivity contribution in [3.05, 3.63) is 95.1 Å². The second-order valence-electron chi connectivity index (χ2n) is 5.95. The fraction of sp³-hybridized carbons (Fsp3) is 0.130. The van der Waals surface area contributed by atoms with Crippen LogP contribution in [0.25, 0.3) is 12.2 Å². The molecule has 0 saturated heterocycles. The molecule has 0 saturated carbocycles. The van der Waals surface area contributed by atoms with Crippen molar-refractivity contribution < 1.29 is 0 Å². The molecule has 0 aliphatic rings. The van der Waals surface area contributed by atoms with Crippen LogP contribution in [0.1, 0.15) is 29.2 Å². The van der Waals surface area contributed by atoms with Crippen molar-refractivity contribution in [3.63, 3.8) is 0 Å². The molecule has 120 valence electrons. The number of para-hydroxylation sites is 1. The number of benzene rings is 3. The van der Waals surface area contributed by atoms with E-state index in [0.717, 1.165) is 12.1 Å². The molecule has 0 radical (unpaired) electrons. The van der Waals surface area contributed by atoms with Gasteiger partial charge in [0.15, 0.2) is 0 Å². The molecule has 1 nitrogen and oxygen atoms in total. The molecule has 1 N–H and O–H groups in total. The van der Waals surface area contributed by atoms with Crippen LogP contribution in [0.15, 0.2) is 72.8 Å². The molecule has 24 heavy (non-hydrogen) atoms. The van der Waals surface area contributed by atoms with Gasteiger partial charge in [-0.15, -0.1) is 0 Å². The Labute approximate surface area is 144 Å². The molecule has 0 atom stereocenters. The van der Waals surface area contributed by atoms with E-state index in [-0.39, 0.29) is 0 Å². The van der Waals surface area contributed by atoms with E-state index in [1.807, 2.05) is 6.07 Å². The quantitative estimate of drug-likeness (QED) is 0.532. The van der Waals surface area contributed by atoms with Crippen molar-refractivity contribution >= 4 is 23.5 Å². The summed E-state index contributed by atoms with van der Waals surface area (Å²) in [6.45, 7) is 4.34. The summed E-state index contributed by atoms with van der Waals surface area (Å²) < 4.78 is 0. The highest BCUT2D eigenvalue weighted by Gasteiger charge is 2.04. The molecule has 0 heterocycles. The van der Waals surface area contributed by atoms with E-state index >= 15 is 0 Å². The molecule has 3 rings (SSSR count). The summed E-state index contributed by atoms with van der Waals surface area (Å²) in [7, 11) is 0. The third-order valence-electron chi connectivity index (χ3n) is 4.19. The number of aryl methyl sites for hydroxylation is 2. The van der Waals surface area contributed by atoms with Crippen molar-refractivity contribution in [2.75, 3.05) is 5.32 Å². The minimum atomic E-state index is 1.03. The van der Waals surface area contributed by atoms with Crippen LogP contribution in [-0.2, 0) is 6.42 Å². The van der Waals surface area contributed by atoms with Gasteiger partial charge in [-0.25, -0.2) is 0 Å². The molecule has 0 aromatic heterocycles. The van der Waals surface area contributed by atoms with Crippen LogP contribution in [-0.4, -0.2) is 0 Å². The zero-order chi connectivity index (χ0) is 16.8. The summed E-state index contributed by atoms with van der Waals surface area (Å²) in [4.78, 5) is 0. The van der Waals surface area contributed by atoms with Gasteiger partial charge in [0.25, 0.3) is 0 Å². The van der Waals surface area contributed by atoms with Crippen molar-refractivity contribution in [2.24, 2.45) is 0 Å². The first-order valence-electron chi connectivity index (χ1n) is 8.45. The van der Waals surface area contributed by atoms with Crippen molar-refractivity contribution in [1.29, 1.82) is 0 Å². The molecule has 0 spiro atoms. The van der Waals surface area contributed by atoms with Gasteiger partial charge in [-0.05, 0) is 47.7 Å². The van der Waals surface area contributed by atoms with Crippen LogP contribution < -0.4 is 5.32 Å². The van der Waals surface area contributed by atoms with Crippen molar-refractivity contribution in [3.8, 4) is 0 Å². The molecular formula is C23H23N. The molecule has 3 aromatic rings. The SMILES string of the molecule is CCc1cccc(C)c1Nc1ccc(C=Cc2ccccc2)cc1. The highest BCUT2D eigenvalue weighted by atomic mass is 14.9. The summed E-state index contributed by atoms with van der Waals surface area (Å²) in [6, 6.07) is 25.4. The van der Waals surface area contributed by atoms with E-state index in [2.05, 4.69) is 98.0 Å². The van der Waals surface area contributed by atoms with Crippen molar-refractivity contribution in [1.82, 2.24) is 0 Å². The fourth-order valence-electron chi connectivity index (χ4n) is 2.78. The maximum Gasteiger partial charge on any atom is 0.0446 e. The second kappa shape index (κ2) is 7.65. The maximum atomic E-state index is 3.57. The lowest BCUT2D eigenvalue weighted by Crippen LogP contribution is -1.97. The van der Waals surface area contributed by atoms with E-state index in [0.29, 0.717) is 0 Å². The average molecular weight is 313 g/mol. The van der Waals surface area contributed by atoms with Gasteiger partial charge in [0.05, 0.1) is 0 Å². The molecule has 0 unspecified atom stereocenters. The maximum absolute atomic E-state index is 3.57. The van der Waals surface area contributed by atoms with Gasteiger partial charge in [-0.2, -0.15) is 0 Å². The van der Waals surface area contributed by atoms with Crippen LogP contribution in [0.3, 0.4) is 0 Å². The van der Waals surface area contributed by atoms with E-state index in [9.17, 15) is 0 Å². The summed E-state index contributed by atoms with van der Waals surface area (Å²) in [5, 5.41) is 3.57. The predicted octanol–water partition coefficient (Wildman–Crippen LogP) is 6.47. The molecule has 0 amide bonds. The fourth-order valence-corrected chi connectivity index (χ4v) is 2.78. The van der Waals surface area contributed by atoms with E-state index in [1.54, 1.807) is 0 Å². The van der Waals surface area contributed by atoms with Crippen LogP contribution >= 0.6 is 0 Å². The van der Waals surface area contributed by atoms with E-state index < -0.39 is 0 Å². The summed E-state index contributed by atoms with van der Waals surface area (Å²) in [5.74, 6) is 0. The van der Waals surface area contributed by atoms with Crippen LogP contribution in [0.2, 0.25) is 0 Å². The zero-order valence-electron chi connectivity index (χ0n) is 14.3. The highest BCUT2D eigenvalue weighted by Crippen LogP contribution is 2.25. The van der Waals surface area contributed by atoms with E-state index in [1.165, 1.54) is 27.9 Å². The van der Waals surface area contributed by atoms with Gasteiger partial charge in [0.2, 0.25) is 0 Å². The number of anilines is 2. The Kier molecular flexibility index (Phi) is 5.12. The van der Waals surface area contributed by atoms with Crippen LogP contribution in [0.4, 0.5) is 11.4 Å². The molecular weight excluding hydrogens is 290 g/mol. The lowest BCUT2D eigenvalue weighted by Gasteiger charge is -2.14. The third-order valence-corrected chi connectivity index (χ3v) is 4.19. The Hall–Kier alpha value is -2.80. The van der Waals surface area contributed by atoms with E-state index in [4.69, 9.17) is 0 Å². The minimum Gasteiger partial charge on any atom is -0.355 e. The number of rotatable bonds is 5. The summed E-state index contributed by atoms with van der Waals surface area (Å²) in [5.41, 5.74) is 7.39. The first-order valence-corrected chi connectivity index (χ1v) is 8.45. The molecule has 3 aromatic carbocycles. The molecule has 0 bridgehead atoms. The Balaban J connectivity index is 1.75. The predicted molar refractivity (Wildman–Crippen MR) is 106 cm³/mol. The standard InChI is InChI=1S/C23H23N/c1-3-21-11-7-8-18(2)23(21)24-22-16-14-20(15-17-22)13-12-19-9-5-4-6-10-19/h4-17,24H,3H2,1-2H3. The molecule has 0 fully saturated rings. The van der Waals surface area contributed by atoms with Crippen molar-refractivity contribution in [2.45, 2.75) is 20.3 Å². The first kappa shape index (κ1) is 16.1. The smallest absolute Gasteiger partial charge is 0.0446 e. The Bertz CT molecular complexity index is 814. The van der Waals surface area contributed by atoms with Gasteiger partial charge in [-0.1, -0.05) is 79.7 Å². The lowest BCUT2D eigenvalue weighted by atomic mass is 10.1. The Morgan fingerprint density at radius 1 is 0.750 bits per heavy atom. The monoisotopic (exact) mass is 313 g/mol. The van der Waals surface area contributed by atoms with Gasteiger partial charge in [-0.3, -0.25) is 0 Å². The molecule has 1 heteroatoms. The third kappa shape index (κ3) is 3.94. The topological polar surface area (TPSA) is 12.0 Å². The normalized spacial score (nSPS) is 10.9. The number of hydrogen-bond donors (Lipinski definition) is 1. The number of hydrogen-bond acceptors (Lipinski definition) is 1. The summed E-state index contributed by atoms with van der Waals surface area (Å²) in [6.07, 6.45) is 5.31. The van der Waals surface area contributed by atoms with Gasteiger partial charge >= 0.3 is 0 Å². The Morgan fingerprint density at radius 3 is 2.08 bits per heavy atom. The minimum absolute atomic E-state index is 1.03. The largest absolute Gasteiger partial charge is 0.355 e. The summed E-state index contributed by atoms with van der Waals surface area (Å²) >= 11 is 0. The van der Waals surface area contributed by atoms with Gasteiger partial charge < -0.3 is 5.32 Å². The molecule has 0 aliphatic carbocycles. The van der Waals surface area contributed by atoms with Gasteiger partial charge in [0, 0.05) is 11.4 Å². The Morgan fingerprint density at radius 2 is 1.42 bits per heavy atom. The first-order chi connectivity index (χ1) is 11.8. The van der Waals surface area contributed by atoms with Crippen LogP contribution in [0, 0.1) is 6.92 Å². The number of nitrogens with one attached hydrogen (secondary N) is 1. The molecule has 0 aliphatic heterocycles. The van der Waals surface area contributed by atoms with Gasteiger partial charge in [0.1, 0.15) is 0 Å². The second-order valence-corrected chi connectivity index (χ2v) is 5.95. The lowest BCUT2D eigenvalue weighted by molar-refractivity contribution is 1.13. The average Bonchev–Trinajstić information content (AvgIpc) is 2.63. The van der Waals surface area contributed by atoms with Crippen LogP contribution in [0.5, 0.6) is 0 Å². The zero-order valence-corrected chi connectivity index (χ0v) is 14.3.